The van der Waals surface area contributed by atoms with Crippen LogP contribution in [0.4, 0.5) is 10.1 Å². The molecule has 0 unspecified atom stereocenters. The maximum absolute atomic E-state index is 13.6. The molecule has 1 amide bonds. The van der Waals surface area contributed by atoms with Crippen molar-refractivity contribution < 1.29 is 22.3 Å². The average molecular weight is 470 g/mol. The molecule has 168 valence electrons. The van der Waals surface area contributed by atoms with Crippen molar-refractivity contribution in [1.29, 1.82) is 0 Å². The maximum atomic E-state index is 13.6. The van der Waals surface area contributed by atoms with Gasteiger partial charge in [0.2, 0.25) is 5.91 Å². The summed E-state index contributed by atoms with van der Waals surface area (Å²) >= 11 is 5.86. The van der Waals surface area contributed by atoms with E-state index in [4.69, 9.17) is 16.3 Å². The lowest BCUT2D eigenvalue weighted by molar-refractivity contribution is -0.119. The molecule has 0 bridgehead atoms. The smallest absolute Gasteiger partial charge is 0.264 e. The van der Waals surface area contributed by atoms with E-state index in [2.05, 4.69) is 10.2 Å². The highest BCUT2D eigenvalue weighted by molar-refractivity contribution is 7.92. The molecule has 1 aliphatic heterocycles. The summed E-state index contributed by atoms with van der Waals surface area (Å²) < 4.78 is 46.2. The SMILES string of the molecule is O=C(CN(c1ccc(F)c(Cl)c1)S(=O)(=O)c1ccccc1)NCCCN1CCOCC1. The van der Waals surface area contributed by atoms with Crippen LogP contribution in [0, 0.1) is 5.82 Å². The van der Waals surface area contributed by atoms with Crippen LogP contribution in [0.25, 0.3) is 0 Å². The second-order valence-electron chi connectivity index (χ2n) is 7.08. The van der Waals surface area contributed by atoms with Gasteiger partial charge in [-0.3, -0.25) is 14.0 Å². The van der Waals surface area contributed by atoms with Crippen LogP contribution in [0.1, 0.15) is 6.42 Å². The Balaban J connectivity index is 1.69. The molecular weight excluding hydrogens is 445 g/mol. The van der Waals surface area contributed by atoms with Crippen molar-refractivity contribution in [2.45, 2.75) is 11.3 Å². The van der Waals surface area contributed by atoms with Gasteiger partial charge in [-0.1, -0.05) is 29.8 Å². The number of hydrogen-bond acceptors (Lipinski definition) is 5. The van der Waals surface area contributed by atoms with E-state index in [9.17, 15) is 17.6 Å². The summed E-state index contributed by atoms with van der Waals surface area (Å²) in [6, 6.07) is 11.3. The van der Waals surface area contributed by atoms with E-state index in [0.717, 1.165) is 36.4 Å². The van der Waals surface area contributed by atoms with Crippen LogP contribution >= 0.6 is 11.6 Å². The Labute approximate surface area is 186 Å². The van der Waals surface area contributed by atoms with Crippen LogP contribution in [0.2, 0.25) is 5.02 Å². The summed E-state index contributed by atoms with van der Waals surface area (Å²) in [7, 11) is -4.06. The zero-order valence-electron chi connectivity index (χ0n) is 17.0. The quantitative estimate of drug-likeness (QED) is 0.571. The number of halogens is 2. The number of ether oxygens (including phenoxy) is 1. The Hall–Kier alpha value is -2.20. The number of anilines is 1. The summed E-state index contributed by atoms with van der Waals surface area (Å²) in [5, 5.41) is 2.54. The van der Waals surface area contributed by atoms with Gasteiger partial charge in [0.25, 0.3) is 10.0 Å². The van der Waals surface area contributed by atoms with Gasteiger partial charge in [-0.05, 0) is 43.3 Å². The first kappa shape index (κ1) is 23.5. The standard InChI is InChI=1S/C21H25ClFN3O4S/c22-19-15-17(7-8-20(19)23)26(31(28,29)18-5-2-1-3-6-18)16-21(27)24-9-4-10-25-11-13-30-14-12-25/h1-3,5-8,15H,4,9-14,16H2,(H,24,27). The minimum absolute atomic E-state index is 0.0237. The van der Waals surface area contributed by atoms with Crippen molar-refractivity contribution >= 4 is 33.2 Å². The normalized spacial score (nSPS) is 14.9. The molecule has 3 rings (SSSR count). The number of nitrogens with zero attached hydrogens (tertiary/aromatic N) is 2. The van der Waals surface area contributed by atoms with Crippen LogP contribution in [0.5, 0.6) is 0 Å². The van der Waals surface area contributed by atoms with Crippen molar-refractivity contribution in [3.8, 4) is 0 Å². The first-order chi connectivity index (χ1) is 14.9. The Morgan fingerprint density at radius 2 is 1.87 bits per heavy atom. The summed E-state index contributed by atoms with van der Waals surface area (Å²) in [4.78, 5) is 14.8. The summed E-state index contributed by atoms with van der Waals surface area (Å²) in [5.41, 5.74) is 0.110. The lowest BCUT2D eigenvalue weighted by Gasteiger charge is -2.26. The molecule has 1 aliphatic rings. The van der Waals surface area contributed by atoms with E-state index in [-0.39, 0.29) is 15.6 Å². The third-order valence-electron chi connectivity index (χ3n) is 4.89. The summed E-state index contributed by atoms with van der Waals surface area (Å²) in [6.45, 7) is 3.93. The Morgan fingerprint density at radius 1 is 1.16 bits per heavy atom. The highest BCUT2D eigenvalue weighted by Gasteiger charge is 2.27. The maximum Gasteiger partial charge on any atom is 0.264 e. The minimum atomic E-state index is -4.06. The third-order valence-corrected chi connectivity index (χ3v) is 6.96. The topological polar surface area (TPSA) is 79.0 Å². The number of nitrogens with one attached hydrogen (secondary N) is 1. The van der Waals surface area contributed by atoms with Gasteiger partial charge in [-0.15, -0.1) is 0 Å². The van der Waals surface area contributed by atoms with Crippen molar-refractivity contribution in [3.63, 3.8) is 0 Å². The molecule has 31 heavy (non-hydrogen) atoms. The van der Waals surface area contributed by atoms with Crippen LogP contribution in [-0.4, -0.2) is 65.2 Å². The van der Waals surface area contributed by atoms with Crippen LogP contribution in [-0.2, 0) is 19.6 Å². The largest absolute Gasteiger partial charge is 0.379 e. The number of morpholine rings is 1. The molecule has 0 aromatic heterocycles. The molecule has 1 N–H and O–H groups in total. The van der Waals surface area contributed by atoms with E-state index in [1.807, 2.05) is 0 Å². The third kappa shape index (κ3) is 6.39. The highest BCUT2D eigenvalue weighted by atomic mass is 35.5. The van der Waals surface area contributed by atoms with Crippen molar-refractivity contribution in [2.75, 3.05) is 50.2 Å². The molecule has 10 heteroatoms. The first-order valence-electron chi connectivity index (χ1n) is 9.97. The van der Waals surface area contributed by atoms with Gasteiger partial charge in [0, 0.05) is 19.6 Å². The highest BCUT2D eigenvalue weighted by Crippen LogP contribution is 2.27. The van der Waals surface area contributed by atoms with Crippen molar-refractivity contribution in [2.24, 2.45) is 0 Å². The van der Waals surface area contributed by atoms with Gasteiger partial charge in [0.15, 0.2) is 0 Å². The monoisotopic (exact) mass is 469 g/mol. The molecular formula is C21H25ClFN3O4S. The van der Waals surface area contributed by atoms with Gasteiger partial charge in [-0.2, -0.15) is 0 Å². The molecule has 0 aliphatic carbocycles. The Bertz CT molecular complexity index is 985. The van der Waals surface area contributed by atoms with E-state index in [1.165, 1.54) is 24.3 Å². The Kier molecular flexibility index (Phi) is 8.25. The van der Waals surface area contributed by atoms with E-state index >= 15 is 0 Å². The van der Waals surface area contributed by atoms with E-state index in [1.54, 1.807) is 18.2 Å². The molecule has 1 heterocycles. The summed E-state index contributed by atoms with van der Waals surface area (Å²) in [5.74, 6) is -1.13. The van der Waals surface area contributed by atoms with Gasteiger partial charge >= 0.3 is 0 Å². The predicted octanol–water partition coefficient (Wildman–Crippen LogP) is 2.51. The first-order valence-corrected chi connectivity index (χ1v) is 11.8. The fourth-order valence-corrected chi connectivity index (χ4v) is 4.83. The molecule has 0 atom stereocenters. The van der Waals surface area contributed by atoms with E-state index in [0.29, 0.717) is 19.8 Å². The number of hydrogen-bond donors (Lipinski definition) is 1. The van der Waals surface area contributed by atoms with Crippen molar-refractivity contribution in [1.82, 2.24) is 10.2 Å². The molecule has 1 fully saturated rings. The number of rotatable bonds is 9. The van der Waals surface area contributed by atoms with Crippen molar-refractivity contribution in [3.05, 3.63) is 59.4 Å². The molecule has 0 spiro atoms. The molecule has 0 saturated carbocycles. The van der Waals surface area contributed by atoms with Gasteiger partial charge in [0.05, 0.1) is 28.8 Å². The average Bonchev–Trinajstić information content (AvgIpc) is 2.78. The summed E-state index contributed by atoms with van der Waals surface area (Å²) in [6.07, 6.45) is 0.736. The van der Waals surface area contributed by atoms with Crippen LogP contribution < -0.4 is 9.62 Å². The lowest BCUT2D eigenvalue weighted by atomic mass is 10.3. The Morgan fingerprint density at radius 3 is 2.55 bits per heavy atom. The lowest BCUT2D eigenvalue weighted by Crippen LogP contribution is -2.42. The number of amides is 1. The van der Waals surface area contributed by atoms with E-state index < -0.39 is 28.3 Å². The number of sulfonamides is 1. The second-order valence-corrected chi connectivity index (χ2v) is 9.35. The fraction of sp³-hybridized carbons (Fsp3) is 0.381. The predicted molar refractivity (Wildman–Crippen MR) is 117 cm³/mol. The zero-order chi connectivity index (χ0) is 22.3. The van der Waals surface area contributed by atoms with Gasteiger partial charge in [-0.25, -0.2) is 12.8 Å². The molecule has 2 aromatic carbocycles. The molecule has 7 nitrogen and oxygen atoms in total. The minimum Gasteiger partial charge on any atom is -0.379 e. The zero-order valence-corrected chi connectivity index (χ0v) is 18.5. The number of carbonyl (C=O) groups excluding carboxylic acids is 1. The van der Waals surface area contributed by atoms with Gasteiger partial charge in [0.1, 0.15) is 12.4 Å². The van der Waals surface area contributed by atoms with Gasteiger partial charge < -0.3 is 10.1 Å². The van der Waals surface area contributed by atoms with Crippen LogP contribution in [0.15, 0.2) is 53.4 Å². The molecule has 2 aromatic rings. The molecule has 0 radical (unpaired) electrons. The molecule has 1 saturated heterocycles. The second kappa shape index (κ2) is 10.9. The fourth-order valence-electron chi connectivity index (χ4n) is 3.22. The number of benzene rings is 2. The number of carbonyl (C=O) groups is 1. The van der Waals surface area contributed by atoms with Crippen LogP contribution in [0.3, 0.4) is 0 Å².